The van der Waals surface area contributed by atoms with Crippen LogP contribution in [0.25, 0.3) is 0 Å². The lowest BCUT2D eigenvalue weighted by Crippen LogP contribution is -2.50. The number of aliphatic imine (C=N–C) groups is 1. The van der Waals surface area contributed by atoms with E-state index in [-0.39, 0.29) is 5.75 Å². The predicted molar refractivity (Wildman–Crippen MR) is 112 cm³/mol. The molecule has 1 aliphatic carbocycles. The number of guanidine groups is 1. The second kappa shape index (κ2) is 10.8. The summed E-state index contributed by atoms with van der Waals surface area (Å²) in [6, 6.07) is 0.385. The first-order valence-electron chi connectivity index (χ1n) is 10.8. The Balaban J connectivity index is 1.30. The Labute approximate surface area is 169 Å². The van der Waals surface area contributed by atoms with Crippen molar-refractivity contribution < 1.29 is 13.2 Å². The molecule has 2 heterocycles. The first kappa shape index (κ1) is 21.8. The summed E-state index contributed by atoms with van der Waals surface area (Å²) in [5, 5.41) is 6.59. The highest BCUT2D eigenvalue weighted by Crippen LogP contribution is 2.25. The number of ether oxygens (including phenoxy) is 1. The van der Waals surface area contributed by atoms with Crippen molar-refractivity contribution in [1.82, 2.24) is 20.3 Å². The van der Waals surface area contributed by atoms with E-state index in [0.717, 1.165) is 58.5 Å². The van der Waals surface area contributed by atoms with E-state index < -0.39 is 10.0 Å². The summed E-state index contributed by atoms with van der Waals surface area (Å²) in [6.07, 6.45) is 6.86. The van der Waals surface area contributed by atoms with Crippen molar-refractivity contribution in [2.45, 2.75) is 44.6 Å². The van der Waals surface area contributed by atoms with Crippen LogP contribution in [0.1, 0.15) is 38.5 Å². The van der Waals surface area contributed by atoms with Crippen LogP contribution in [0.4, 0.5) is 0 Å². The topological polar surface area (TPSA) is 95.1 Å². The number of nitrogens with zero attached hydrogens (tertiary/aromatic N) is 2. The van der Waals surface area contributed by atoms with Crippen molar-refractivity contribution in [3.63, 3.8) is 0 Å². The number of hydrogen-bond acceptors (Lipinski definition) is 5. The fourth-order valence-corrected chi connectivity index (χ4v) is 5.06. The Bertz CT molecular complexity index is 595. The summed E-state index contributed by atoms with van der Waals surface area (Å²) in [6.45, 7) is 6.09. The van der Waals surface area contributed by atoms with E-state index in [0.29, 0.717) is 36.9 Å². The summed E-state index contributed by atoms with van der Waals surface area (Å²) in [7, 11) is -1.49. The van der Waals surface area contributed by atoms with Crippen LogP contribution in [0.2, 0.25) is 0 Å². The molecule has 3 fully saturated rings. The van der Waals surface area contributed by atoms with Gasteiger partial charge in [-0.25, -0.2) is 13.1 Å². The number of rotatable bonds is 9. The molecular formula is C19H37N5O3S. The van der Waals surface area contributed by atoms with Gasteiger partial charge in [0.1, 0.15) is 0 Å². The van der Waals surface area contributed by atoms with Gasteiger partial charge in [-0.1, -0.05) is 6.42 Å². The van der Waals surface area contributed by atoms with Crippen LogP contribution in [0.15, 0.2) is 4.99 Å². The fourth-order valence-electron chi connectivity index (χ4n) is 4.06. The molecule has 0 radical (unpaired) electrons. The molecular weight excluding hydrogens is 378 g/mol. The standard InChI is InChI=1S/C19H37N5O3S/c1-20-19(21-8-12-28(25,26)22-13-16-3-2-4-16)23-18-5-9-24(10-6-18)14-17-7-11-27-15-17/h16-18,22H,2-15H2,1H3,(H2,20,21,23). The lowest BCUT2D eigenvalue weighted by atomic mass is 9.86. The van der Waals surface area contributed by atoms with E-state index in [1.54, 1.807) is 7.05 Å². The molecule has 0 bridgehead atoms. The molecule has 1 unspecified atom stereocenters. The van der Waals surface area contributed by atoms with E-state index in [1.165, 1.54) is 12.8 Å². The SMILES string of the molecule is CN=C(NCCS(=O)(=O)NCC1CCC1)NC1CCN(CC2CCOC2)CC1. The van der Waals surface area contributed by atoms with Crippen LogP contribution in [-0.4, -0.2) is 84.1 Å². The van der Waals surface area contributed by atoms with Gasteiger partial charge in [0.25, 0.3) is 0 Å². The van der Waals surface area contributed by atoms with Crippen molar-refractivity contribution in [3.8, 4) is 0 Å². The lowest BCUT2D eigenvalue weighted by Gasteiger charge is -2.34. The molecule has 0 amide bonds. The van der Waals surface area contributed by atoms with Crippen LogP contribution in [0.3, 0.4) is 0 Å². The van der Waals surface area contributed by atoms with Gasteiger partial charge in [0.05, 0.1) is 12.4 Å². The van der Waals surface area contributed by atoms with Crippen molar-refractivity contribution in [2.75, 3.05) is 58.7 Å². The number of piperidine rings is 1. The Morgan fingerprint density at radius 3 is 2.54 bits per heavy atom. The first-order valence-corrected chi connectivity index (χ1v) is 12.4. The van der Waals surface area contributed by atoms with E-state index in [2.05, 4.69) is 25.2 Å². The number of likely N-dealkylation sites (tertiary alicyclic amines) is 1. The zero-order chi connectivity index (χ0) is 19.8. The molecule has 0 aromatic heterocycles. The third-order valence-corrected chi connectivity index (χ3v) is 7.52. The molecule has 0 aromatic carbocycles. The summed E-state index contributed by atoms with van der Waals surface area (Å²) in [5.74, 6) is 1.99. The van der Waals surface area contributed by atoms with Gasteiger partial charge in [0, 0.05) is 52.4 Å². The van der Waals surface area contributed by atoms with Crippen LogP contribution in [0, 0.1) is 11.8 Å². The molecule has 9 heteroatoms. The van der Waals surface area contributed by atoms with Crippen molar-refractivity contribution in [2.24, 2.45) is 16.8 Å². The molecule has 162 valence electrons. The smallest absolute Gasteiger partial charge is 0.213 e. The van der Waals surface area contributed by atoms with Crippen LogP contribution >= 0.6 is 0 Å². The third-order valence-electron chi connectivity index (χ3n) is 6.17. The highest BCUT2D eigenvalue weighted by atomic mass is 32.2. The average molecular weight is 416 g/mol. The van der Waals surface area contributed by atoms with Crippen LogP contribution in [-0.2, 0) is 14.8 Å². The zero-order valence-electron chi connectivity index (χ0n) is 17.2. The molecule has 0 aromatic rings. The molecule has 3 N–H and O–H groups in total. The van der Waals surface area contributed by atoms with Gasteiger partial charge in [-0.3, -0.25) is 4.99 Å². The van der Waals surface area contributed by atoms with E-state index in [4.69, 9.17) is 4.74 Å². The van der Waals surface area contributed by atoms with E-state index in [9.17, 15) is 8.42 Å². The normalized spacial score (nSPS) is 25.6. The van der Waals surface area contributed by atoms with Gasteiger partial charge in [0.2, 0.25) is 10.0 Å². The number of sulfonamides is 1. The van der Waals surface area contributed by atoms with Gasteiger partial charge in [0.15, 0.2) is 5.96 Å². The summed E-state index contributed by atoms with van der Waals surface area (Å²) in [4.78, 5) is 6.79. The first-order chi connectivity index (χ1) is 13.5. The third kappa shape index (κ3) is 7.17. The predicted octanol–water partition coefficient (Wildman–Crippen LogP) is 0.372. The molecule has 2 saturated heterocycles. The maximum atomic E-state index is 12.1. The molecule has 28 heavy (non-hydrogen) atoms. The average Bonchev–Trinajstić information content (AvgIpc) is 3.14. The van der Waals surface area contributed by atoms with Gasteiger partial charge in [-0.15, -0.1) is 0 Å². The van der Waals surface area contributed by atoms with Crippen molar-refractivity contribution >= 4 is 16.0 Å². The van der Waals surface area contributed by atoms with Gasteiger partial charge < -0.3 is 20.3 Å². The summed E-state index contributed by atoms with van der Waals surface area (Å²) < 4.78 is 32.4. The van der Waals surface area contributed by atoms with Gasteiger partial charge in [-0.05, 0) is 43.9 Å². The highest BCUT2D eigenvalue weighted by molar-refractivity contribution is 7.89. The summed E-state index contributed by atoms with van der Waals surface area (Å²) in [5.41, 5.74) is 0. The summed E-state index contributed by atoms with van der Waals surface area (Å²) >= 11 is 0. The minimum absolute atomic E-state index is 0.0717. The molecule has 1 atom stereocenters. The second-order valence-electron chi connectivity index (χ2n) is 8.41. The fraction of sp³-hybridized carbons (Fsp3) is 0.947. The lowest BCUT2D eigenvalue weighted by molar-refractivity contribution is 0.150. The Hall–Kier alpha value is -0.900. The number of nitrogens with one attached hydrogen (secondary N) is 3. The molecule has 1 saturated carbocycles. The Morgan fingerprint density at radius 2 is 1.93 bits per heavy atom. The van der Waals surface area contributed by atoms with Crippen molar-refractivity contribution in [1.29, 1.82) is 0 Å². The van der Waals surface area contributed by atoms with Crippen LogP contribution < -0.4 is 15.4 Å². The molecule has 8 nitrogen and oxygen atoms in total. The van der Waals surface area contributed by atoms with E-state index in [1.807, 2.05) is 0 Å². The Morgan fingerprint density at radius 1 is 1.14 bits per heavy atom. The number of hydrogen-bond donors (Lipinski definition) is 3. The molecule has 0 spiro atoms. The maximum absolute atomic E-state index is 12.1. The minimum atomic E-state index is -3.22. The Kier molecular flexibility index (Phi) is 8.37. The van der Waals surface area contributed by atoms with Crippen molar-refractivity contribution in [3.05, 3.63) is 0 Å². The molecule has 3 rings (SSSR count). The van der Waals surface area contributed by atoms with Gasteiger partial charge in [-0.2, -0.15) is 0 Å². The van der Waals surface area contributed by atoms with E-state index >= 15 is 0 Å². The minimum Gasteiger partial charge on any atom is -0.381 e. The quantitative estimate of drug-likeness (QED) is 0.372. The maximum Gasteiger partial charge on any atom is 0.213 e. The monoisotopic (exact) mass is 415 g/mol. The molecule has 2 aliphatic heterocycles. The van der Waals surface area contributed by atoms with Crippen LogP contribution in [0.5, 0.6) is 0 Å². The van der Waals surface area contributed by atoms with Gasteiger partial charge >= 0.3 is 0 Å². The highest BCUT2D eigenvalue weighted by Gasteiger charge is 2.24. The second-order valence-corrected chi connectivity index (χ2v) is 10.3. The zero-order valence-corrected chi connectivity index (χ0v) is 18.0. The molecule has 3 aliphatic rings. The largest absolute Gasteiger partial charge is 0.381 e.